The molecule has 0 spiro atoms. The molecule has 3 aliphatic heterocycles. The molecule has 5 amide bonds. The highest BCUT2D eigenvalue weighted by Crippen LogP contribution is 2.55. The number of hydrogen-bond donors (Lipinski definition) is 2. The summed E-state index contributed by atoms with van der Waals surface area (Å²) in [6.07, 6.45) is 3.91. The van der Waals surface area contributed by atoms with Gasteiger partial charge in [0, 0.05) is 79.1 Å². The third-order valence-electron chi connectivity index (χ3n) is 14.0. The second-order valence-electron chi connectivity index (χ2n) is 18.6. The number of benzene rings is 3. The molecule has 1 atom stereocenters. The van der Waals surface area contributed by atoms with Gasteiger partial charge < -0.3 is 29.3 Å². The first-order valence-electron chi connectivity index (χ1n) is 21.8. The predicted octanol–water partition coefficient (Wildman–Crippen LogP) is 5.73. The summed E-state index contributed by atoms with van der Waals surface area (Å²) in [5, 5.41) is 14.9. The molecule has 0 radical (unpaired) electrons. The van der Waals surface area contributed by atoms with E-state index >= 15 is 0 Å². The number of nitriles is 1. The average molecular weight is 845 g/mol. The lowest BCUT2D eigenvalue weighted by molar-refractivity contribution is -0.164. The van der Waals surface area contributed by atoms with Crippen molar-refractivity contribution in [3.63, 3.8) is 0 Å². The number of nitrogens with one attached hydrogen (secondary N) is 2. The van der Waals surface area contributed by atoms with Gasteiger partial charge in [0.25, 0.3) is 17.7 Å². The Morgan fingerprint density at radius 1 is 0.887 bits per heavy atom. The minimum Gasteiger partial charge on any atom is -0.495 e. The van der Waals surface area contributed by atoms with Gasteiger partial charge in [0.1, 0.15) is 41.6 Å². The van der Waals surface area contributed by atoms with Crippen LogP contribution in [0.2, 0.25) is 0 Å². The molecule has 2 N–H and O–H groups in total. The van der Waals surface area contributed by atoms with E-state index in [4.69, 9.17) is 14.2 Å². The Morgan fingerprint density at radius 3 is 2.19 bits per heavy atom. The monoisotopic (exact) mass is 844 g/mol. The second kappa shape index (κ2) is 16.7. The molecule has 4 fully saturated rings. The molecule has 2 saturated heterocycles. The van der Waals surface area contributed by atoms with Gasteiger partial charge in [0.05, 0.1) is 23.8 Å². The number of carbonyl (C=O) groups excluding carboxylic acids is 5. The van der Waals surface area contributed by atoms with Crippen LogP contribution in [-0.2, 0) is 9.59 Å². The highest BCUT2D eigenvalue weighted by Gasteiger charge is 2.64. The fourth-order valence-corrected chi connectivity index (χ4v) is 10.7. The first-order valence-corrected chi connectivity index (χ1v) is 21.8. The van der Waals surface area contributed by atoms with E-state index in [-0.39, 0.29) is 59.0 Å². The maximum atomic E-state index is 13.6. The van der Waals surface area contributed by atoms with Crippen LogP contribution in [0, 0.1) is 28.1 Å². The van der Waals surface area contributed by atoms with Crippen molar-refractivity contribution in [3.05, 3.63) is 82.9 Å². The van der Waals surface area contributed by atoms with Gasteiger partial charge in [-0.25, -0.2) is 0 Å². The van der Waals surface area contributed by atoms with Crippen LogP contribution in [0.25, 0.3) is 0 Å². The molecule has 1 unspecified atom stereocenters. The van der Waals surface area contributed by atoms with E-state index in [1.807, 2.05) is 24.3 Å². The Labute approximate surface area is 362 Å². The number of hydrogen-bond acceptors (Lipinski definition) is 11. The maximum Gasteiger partial charge on any atom is 0.262 e. The Hall–Kier alpha value is -5.94. The van der Waals surface area contributed by atoms with Crippen molar-refractivity contribution in [2.75, 3.05) is 38.2 Å². The van der Waals surface area contributed by atoms with E-state index in [0.29, 0.717) is 40.3 Å². The molecule has 3 heterocycles. The third kappa shape index (κ3) is 7.87. The molecule has 3 aromatic carbocycles. The van der Waals surface area contributed by atoms with Crippen LogP contribution in [0.4, 0.5) is 5.69 Å². The van der Waals surface area contributed by atoms with Crippen LogP contribution >= 0.6 is 0 Å². The SMILES string of the molecule is CCN(CC1CCN(c2ccc(C(=O)NC3C(C)(C)C(Oc4ccc(C#N)c(OC)c4)C3(C)C)cc2)CC1)C1CC(Oc2ccc3c(c2)C(=O)N(C2CCC(=O)NC2=O)C3=O)C1. The van der Waals surface area contributed by atoms with Crippen molar-refractivity contribution >= 4 is 35.2 Å². The Bertz CT molecular complexity index is 2290. The average Bonchev–Trinajstić information content (AvgIpc) is 3.49. The molecule has 2 aliphatic carbocycles. The molecule has 8 rings (SSSR count). The molecule has 326 valence electrons. The van der Waals surface area contributed by atoms with Crippen molar-refractivity contribution in [3.8, 4) is 23.3 Å². The first kappa shape index (κ1) is 42.7. The largest absolute Gasteiger partial charge is 0.495 e. The number of methoxy groups -OCH3 is 1. The van der Waals surface area contributed by atoms with Crippen molar-refractivity contribution in [2.45, 2.75) is 103 Å². The zero-order valence-electron chi connectivity index (χ0n) is 36.4. The summed E-state index contributed by atoms with van der Waals surface area (Å²) in [7, 11) is 1.53. The van der Waals surface area contributed by atoms with E-state index in [2.05, 4.69) is 61.1 Å². The quantitative estimate of drug-likeness (QED) is 0.202. The summed E-state index contributed by atoms with van der Waals surface area (Å²) >= 11 is 0. The first-order chi connectivity index (χ1) is 29.6. The standard InChI is InChI=1S/C48H56N6O8/c1-7-52(32-22-35(23-32)61-33-14-15-36-37(24-33)44(59)54(43(36)58)38-16-17-40(55)50-42(38)57)27-28-18-20-53(21-19-28)31-11-8-29(9-12-31)41(56)51-45-47(2,3)46(48(45,4)5)62-34-13-10-30(26-49)39(25-34)60-6/h8-15,24-25,28,32,35,38,45-46H,7,16-23,27H2,1-6H3,(H,51,56)(H,50,55,57). The fraction of sp³-hybridized carbons (Fsp3) is 0.500. The van der Waals surface area contributed by atoms with E-state index in [9.17, 15) is 29.2 Å². The number of piperidine rings is 2. The molecule has 2 saturated carbocycles. The molecule has 62 heavy (non-hydrogen) atoms. The van der Waals surface area contributed by atoms with E-state index < -0.39 is 29.7 Å². The van der Waals surface area contributed by atoms with Crippen molar-refractivity contribution in [1.82, 2.24) is 20.4 Å². The molecule has 0 bridgehead atoms. The van der Waals surface area contributed by atoms with Gasteiger partial charge in [-0.1, -0.05) is 34.6 Å². The minimum atomic E-state index is -0.999. The Balaban J connectivity index is 0.783. The summed E-state index contributed by atoms with van der Waals surface area (Å²) in [4.78, 5) is 69.9. The van der Waals surface area contributed by atoms with Crippen molar-refractivity contribution in [2.24, 2.45) is 16.7 Å². The summed E-state index contributed by atoms with van der Waals surface area (Å²) in [5.41, 5.74) is 1.93. The molecule has 0 aromatic heterocycles. The highest BCUT2D eigenvalue weighted by atomic mass is 16.5. The normalized spacial score (nSPS) is 25.3. The number of anilines is 1. The number of nitrogens with zero attached hydrogens (tertiary/aromatic N) is 4. The number of imide groups is 2. The summed E-state index contributed by atoms with van der Waals surface area (Å²) < 4.78 is 18.1. The number of rotatable bonds is 13. The highest BCUT2D eigenvalue weighted by molar-refractivity contribution is 6.23. The van der Waals surface area contributed by atoms with Gasteiger partial charge >= 0.3 is 0 Å². The van der Waals surface area contributed by atoms with Gasteiger partial charge in [-0.15, -0.1) is 0 Å². The van der Waals surface area contributed by atoms with E-state index in [1.165, 1.54) is 7.11 Å². The number of amides is 5. The molecular formula is C48H56N6O8. The molecule has 3 aromatic rings. The predicted molar refractivity (Wildman–Crippen MR) is 230 cm³/mol. The van der Waals surface area contributed by atoms with Crippen LogP contribution < -0.4 is 29.7 Å². The molecule has 14 heteroatoms. The summed E-state index contributed by atoms with van der Waals surface area (Å²) in [5.74, 6) is -0.0229. The van der Waals surface area contributed by atoms with Crippen molar-refractivity contribution in [1.29, 1.82) is 5.26 Å². The summed E-state index contributed by atoms with van der Waals surface area (Å²) in [6.45, 7) is 14.5. The van der Waals surface area contributed by atoms with E-state index in [1.54, 1.807) is 36.4 Å². The van der Waals surface area contributed by atoms with Crippen molar-refractivity contribution < 1.29 is 38.2 Å². The van der Waals surface area contributed by atoms with E-state index in [0.717, 1.165) is 62.4 Å². The van der Waals surface area contributed by atoms with Crippen LogP contribution in [0.15, 0.2) is 60.7 Å². The Morgan fingerprint density at radius 2 is 1.55 bits per heavy atom. The topological polar surface area (TPSA) is 171 Å². The van der Waals surface area contributed by atoms with Crippen LogP contribution in [0.1, 0.15) is 110 Å². The molecule has 5 aliphatic rings. The van der Waals surface area contributed by atoms with Gasteiger partial charge in [0.15, 0.2) is 0 Å². The van der Waals surface area contributed by atoms with Crippen LogP contribution in [0.5, 0.6) is 17.2 Å². The number of ether oxygens (including phenoxy) is 3. The van der Waals surface area contributed by atoms with Gasteiger partial charge in [0.2, 0.25) is 11.8 Å². The summed E-state index contributed by atoms with van der Waals surface area (Å²) in [6, 6.07) is 19.5. The Kier molecular flexibility index (Phi) is 11.5. The maximum absolute atomic E-state index is 13.6. The zero-order valence-corrected chi connectivity index (χ0v) is 36.4. The lowest BCUT2D eigenvalue weighted by Gasteiger charge is -2.63. The lowest BCUT2D eigenvalue weighted by atomic mass is 9.49. The molecular weight excluding hydrogens is 789 g/mol. The number of fused-ring (bicyclic) bond motifs is 1. The molecule has 14 nitrogen and oxygen atoms in total. The van der Waals surface area contributed by atoms with Gasteiger partial charge in [-0.05, 0) is 86.3 Å². The fourth-order valence-electron chi connectivity index (χ4n) is 10.7. The van der Waals surface area contributed by atoms with Gasteiger partial charge in [-0.2, -0.15) is 5.26 Å². The van der Waals surface area contributed by atoms with Crippen LogP contribution in [-0.4, -0.2) is 103 Å². The zero-order chi connectivity index (χ0) is 44.1. The second-order valence-corrected chi connectivity index (χ2v) is 18.6. The minimum absolute atomic E-state index is 0.000200. The third-order valence-corrected chi connectivity index (χ3v) is 14.0. The number of carbonyl (C=O) groups is 5. The van der Waals surface area contributed by atoms with Gasteiger partial charge in [-0.3, -0.25) is 34.2 Å². The smallest absolute Gasteiger partial charge is 0.262 e. The lowest BCUT2D eigenvalue weighted by Crippen LogP contribution is -2.74. The van der Waals surface area contributed by atoms with Crippen LogP contribution in [0.3, 0.4) is 0 Å².